The van der Waals surface area contributed by atoms with E-state index >= 15 is 0 Å². The number of carboxylic acid groups (broad SMARTS) is 1. The zero-order valence-corrected chi connectivity index (χ0v) is 10.5. The van der Waals surface area contributed by atoms with Crippen LogP contribution in [-0.4, -0.2) is 26.7 Å². The number of nitrogens with one attached hydrogen (secondary N) is 2. The first-order valence-corrected chi connectivity index (χ1v) is 6.07. The Bertz CT molecular complexity index is 568. The molecular formula is C11H10N4O3S. The maximum Gasteiger partial charge on any atom is 0.335 e. The summed E-state index contributed by atoms with van der Waals surface area (Å²) in [5.74, 6) is -0.977. The standard InChI is InChI=1S/C11H10N4O3S/c16-10(17)8-3-1-7(2-4-8)5-12-11(18)14-9-6-13-15-19-9/h1-4,6H,5H2,(H,16,17)(H2,12,14,18). The van der Waals surface area contributed by atoms with Gasteiger partial charge in [0.2, 0.25) is 0 Å². The normalized spacial score (nSPS) is 9.89. The average molecular weight is 278 g/mol. The molecule has 98 valence electrons. The van der Waals surface area contributed by atoms with Gasteiger partial charge in [0.1, 0.15) is 5.00 Å². The fourth-order valence-corrected chi connectivity index (χ4v) is 1.74. The van der Waals surface area contributed by atoms with Crippen LogP contribution >= 0.6 is 11.5 Å². The van der Waals surface area contributed by atoms with Gasteiger partial charge in [-0.25, -0.2) is 9.59 Å². The van der Waals surface area contributed by atoms with Crippen LogP contribution < -0.4 is 10.6 Å². The Hall–Kier alpha value is -2.48. The van der Waals surface area contributed by atoms with Crippen LogP contribution in [0.1, 0.15) is 15.9 Å². The van der Waals surface area contributed by atoms with Crippen LogP contribution in [0.15, 0.2) is 30.5 Å². The average Bonchev–Trinajstić information content (AvgIpc) is 2.89. The first-order valence-electron chi connectivity index (χ1n) is 5.29. The van der Waals surface area contributed by atoms with Gasteiger partial charge in [0.15, 0.2) is 0 Å². The Morgan fingerprint density at radius 1 is 1.26 bits per heavy atom. The van der Waals surface area contributed by atoms with E-state index in [9.17, 15) is 9.59 Å². The highest BCUT2D eigenvalue weighted by Gasteiger charge is 2.05. The minimum absolute atomic E-state index is 0.212. The summed E-state index contributed by atoms with van der Waals surface area (Å²) < 4.78 is 3.61. The third-order valence-electron chi connectivity index (χ3n) is 2.25. The monoisotopic (exact) mass is 278 g/mol. The van der Waals surface area contributed by atoms with Gasteiger partial charge in [-0.3, -0.25) is 5.32 Å². The molecule has 0 aliphatic heterocycles. The van der Waals surface area contributed by atoms with Crippen molar-refractivity contribution < 1.29 is 14.7 Å². The van der Waals surface area contributed by atoms with E-state index in [1.165, 1.54) is 18.3 Å². The number of amides is 2. The van der Waals surface area contributed by atoms with Crippen LogP contribution in [0, 0.1) is 0 Å². The minimum atomic E-state index is -0.977. The van der Waals surface area contributed by atoms with Gasteiger partial charge in [-0.2, -0.15) is 0 Å². The summed E-state index contributed by atoms with van der Waals surface area (Å²) in [6.07, 6.45) is 1.45. The molecule has 0 unspecified atom stereocenters. The molecule has 7 nitrogen and oxygen atoms in total. The molecule has 3 N–H and O–H groups in total. The number of carbonyl (C=O) groups is 2. The summed E-state index contributed by atoms with van der Waals surface area (Å²) >= 11 is 1.08. The molecule has 0 saturated carbocycles. The Morgan fingerprint density at radius 3 is 2.58 bits per heavy atom. The number of hydrogen-bond donors (Lipinski definition) is 3. The molecule has 0 spiro atoms. The van der Waals surface area contributed by atoms with Gasteiger partial charge < -0.3 is 10.4 Å². The van der Waals surface area contributed by atoms with Crippen LogP contribution in [0.5, 0.6) is 0 Å². The van der Waals surface area contributed by atoms with Crippen molar-refractivity contribution in [1.29, 1.82) is 0 Å². The number of hydrogen-bond acceptors (Lipinski definition) is 5. The summed E-state index contributed by atoms with van der Waals surface area (Å²) in [6, 6.07) is 5.92. The molecule has 0 fully saturated rings. The zero-order chi connectivity index (χ0) is 13.7. The Kier molecular flexibility index (Phi) is 4.04. The molecule has 2 rings (SSSR count). The molecule has 0 atom stereocenters. The SMILES string of the molecule is O=C(NCc1ccc(C(=O)O)cc1)Nc1cnns1. The van der Waals surface area contributed by atoms with Crippen LogP contribution in [0.4, 0.5) is 9.80 Å². The van der Waals surface area contributed by atoms with Crippen molar-refractivity contribution >= 4 is 28.5 Å². The van der Waals surface area contributed by atoms with E-state index in [0.29, 0.717) is 11.5 Å². The van der Waals surface area contributed by atoms with E-state index in [1.54, 1.807) is 12.1 Å². The molecule has 0 bridgehead atoms. The molecule has 8 heteroatoms. The molecule has 2 aromatic rings. The van der Waals surface area contributed by atoms with Crippen molar-refractivity contribution in [2.45, 2.75) is 6.54 Å². The molecule has 0 saturated heterocycles. The van der Waals surface area contributed by atoms with Gasteiger partial charge in [-0.1, -0.05) is 16.6 Å². The van der Waals surface area contributed by atoms with Crippen molar-refractivity contribution in [2.75, 3.05) is 5.32 Å². The molecule has 1 heterocycles. The second-order valence-electron chi connectivity index (χ2n) is 3.59. The highest BCUT2D eigenvalue weighted by Crippen LogP contribution is 2.08. The summed E-state index contributed by atoms with van der Waals surface area (Å²) in [5, 5.41) is 18.1. The van der Waals surface area contributed by atoms with E-state index in [2.05, 4.69) is 20.2 Å². The Balaban J connectivity index is 1.84. The second kappa shape index (κ2) is 5.91. The molecule has 1 aromatic heterocycles. The van der Waals surface area contributed by atoms with Gasteiger partial charge in [0.25, 0.3) is 0 Å². The zero-order valence-electron chi connectivity index (χ0n) is 9.66. The van der Waals surface area contributed by atoms with Gasteiger partial charge in [-0.15, -0.1) is 5.10 Å². The number of carboxylic acids is 1. The van der Waals surface area contributed by atoms with Crippen LogP contribution in [-0.2, 0) is 6.54 Å². The van der Waals surface area contributed by atoms with Crippen LogP contribution in [0.2, 0.25) is 0 Å². The van der Waals surface area contributed by atoms with Crippen LogP contribution in [0.3, 0.4) is 0 Å². The lowest BCUT2D eigenvalue weighted by molar-refractivity contribution is 0.0697. The van der Waals surface area contributed by atoms with E-state index in [0.717, 1.165) is 17.1 Å². The lowest BCUT2D eigenvalue weighted by atomic mass is 10.1. The topological polar surface area (TPSA) is 104 Å². The third-order valence-corrected chi connectivity index (χ3v) is 2.83. The lowest BCUT2D eigenvalue weighted by Crippen LogP contribution is -2.27. The molecular weight excluding hydrogens is 268 g/mol. The number of rotatable bonds is 4. The second-order valence-corrected chi connectivity index (χ2v) is 4.38. The molecule has 0 aliphatic carbocycles. The number of anilines is 1. The highest BCUT2D eigenvalue weighted by molar-refractivity contribution is 7.10. The van der Waals surface area contributed by atoms with Gasteiger partial charge >= 0.3 is 12.0 Å². The maximum absolute atomic E-state index is 11.5. The minimum Gasteiger partial charge on any atom is -0.478 e. The Labute approximate surface area is 112 Å². The fraction of sp³-hybridized carbons (Fsp3) is 0.0909. The number of aromatic carboxylic acids is 1. The van der Waals surface area contributed by atoms with Crippen LogP contribution in [0.25, 0.3) is 0 Å². The van der Waals surface area contributed by atoms with Gasteiger partial charge in [0, 0.05) is 18.1 Å². The van der Waals surface area contributed by atoms with E-state index in [-0.39, 0.29) is 11.6 Å². The Morgan fingerprint density at radius 2 is 2.00 bits per heavy atom. The summed E-state index contributed by atoms with van der Waals surface area (Å²) in [5.41, 5.74) is 1.02. The summed E-state index contributed by atoms with van der Waals surface area (Å²) in [4.78, 5) is 22.2. The predicted octanol–water partition coefficient (Wildman–Crippen LogP) is 1.56. The number of nitrogens with zero attached hydrogens (tertiary/aromatic N) is 2. The largest absolute Gasteiger partial charge is 0.478 e. The number of carbonyl (C=O) groups excluding carboxylic acids is 1. The van der Waals surface area contributed by atoms with Crippen molar-refractivity contribution in [2.24, 2.45) is 0 Å². The quantitative estimate of drug-likeness (QED) is 0.787. The van der Waals surface area contributed by atoms with Crippen molar-refractivity contribution in [3.05, 3.63) is 41.6 Å². The number of benzene rings is 1. The van der Waals surface area contributed by atoms with Gasteiger partial charge in [0.05, 0.1) is 11.8 Å². The van der Waals surface area contributed by atoms with Crippen molar-refractivity contribution in [3.8, 4) is 0 Å². The lowest BCUT2D eigenvalue weighted by Gasteiger charge is -2.05. The highest BCUT2D eigenvalue weighted by atomic mass is 32.1. The first-order chi connectivity index (χ1) is 9.15. The van der Waals surface area contributed by atoms with Crippen molar-refractivity contribution in [1.82, 2.24) is 14.9 Å². The van der Waals surface area contributed by atoms with E-state index in [1.807, 2.05) is 0 Å². The summed E-state index contributed by atoms with van der Waals surface area (Å²) in [7, 11) is 0. The number of urea groups is 1. The molecule has 19 heavy (non-hydrogen) atoms. The van der Waals surface area contributed by atoms with E-state index < -0.39 is 5.97 Å². The smallest absolute Gasteiger partial charge is 0.335 e. The number of aromatic nitrogens is 2. The van der Waals surface area contributed by atoms with Gasteiger partial charge in [-0.05, 0) is 17.7 Å². The molecule has 2 amide bonds. The third kappa shape index (κ3) is 3.75. The molecule has 1 aromatic carbocycles. The maximum atomic E-state index is 11.5. The molecule has 0 aliphatic rings. The van der Waals surface area contributed by atoms with Crippen molar-refractivity contribution in [3.63, 3.8) is 0 Å². The van der Waals surface area contributed by atoms with E-state index in [4.69, 9.17) is 5.11 Å². The first kappa shape index (κ1) is 13.0. The summed E-state index contributed by atoms with van der Waals surface area (Å²) in [6.45, 7) is 0.304. The predicted molar refractivity (Wildman–Crippen MR) is 69.2 cm³/mol. The molecule has 0 radical (unpaired) electrons. The fourth-order valence-electron chi connectivity index (χ4n) is 1.33.